The molecule has 0 aromatic heterocycles. The van der Waals surface area contributed by atoms with E-state index in [4.69, 9.17) is 9.47 Å². The first-order valence-electron chi connectivity index (χ1n) is 6.56. The Morgan fingerprint density at radius 1 is 1.05 bits per heavy atom. The van der Waals surface area contributed by atoms with Crippen molar-refractivity contribution in [3.63, 3.8) is 0 Å². The van der Waals surface area contributed by atoms with Gasteiger partial charge in [0.1, 0.15) is 11.9 Å². The van der Waals surface area contributed by atoms with E-state index < -0.39 is 6.10 Å². The van der Waals surface area contributed by atoms with Gasteiger partial charge in [0.05, 0.1) is 13.7 Å². The van der Waals surface area contributed by atoms with Crippen molar-refractivity contribution in [2.45, 2.75) is 19.6 Å². The molecule has 3 nitrogen and oxygen atoms in total. The largest absolute Gasteiger partial charge is 0.496 e. The van der Waals surface area contributed by atoms with Crippen LogP contribution in [0.3, 0.4) is 0 Å². The Labute approximate surface area is 119 Å². The highest BCUT2D eigenvalue weighted by molar-refractivity contribution is 5.44. The van der Waals surface area contributed by atoms with Crippen molar-refractivity contribution in [3.8, 4) is 5.75 Å². The van der Waals surface area contributed by atoms with Crippen LogP contribution in [0.4, 0.5) is 0 Å². The van der Waals surface area contributed by atoms with E-state index >= 15 is 0 Å². The lowest BCUT2D eigenvalue weighted by Gasteiger charge is -2.18. The van der Waals surface area contributed by atoms with E-state index in [9.17, 15) is 5.11 Å². The van der Waals surface area contributed by atoms with Crippen molar-refractivity contribution in [1.82, 2.24) is 0 Å². The number of methoxy groups -OCH3 is 2. The minimum Gasteiger partial charge on any atom is -0.496 e. The molecule has 106 valence electrons. The number of ether oxygens (including phenoxy) is 2. The molecule has 0 bridgehead atoms. The number of benzene rings is 2. The molecule has 0 aliphatic carbocycles. The van der Waals surface area contributed by atoms with Gasteiger partial charge in [-0.25, -0.2) is 0 Å². The predicted octanol–water partition coefficient (Wildman–Crippen LogP) is 3.23. The van der Waals surface area contributed by atoms with E-state index in [1.807, 2.05) is 49.4 Å². The molecule has 20 heavy (non-hydrogen) atoms. The minimum absolute atomic E-state index is 0.474. The summed E-state index contributed by atoms with van der Waals surface area (Å²) in [6.45, 7) is 2.47. The molecule has 2 rings (SSSR count). The molecule has 0 aliphatic heterocycles. The normalized spacial score (nSPS) is 12.2. The van der Waals surface area contributed by atoms with Gasteiger partial charge in [0, 0.05) is 12.7 Å². The molecule has 0 spiro atoms. The third-order valence-electron chi connectivity index (χ3n) is 3.33. The van der Waals surface area contributed by atoms with Crippen molar-refractivity contribution in [2.24, 2.45) is 0 Å². The maximum Gasteiger partial charge on any atom is 0.125 e. The first-order chi connectivity index (χ1) is 9.67. The second-order valence-corrected chi connectivity index (χ2v) is 4.78. The minimum atomic E-state index is -0.726. The fourth-order valence-electron chi connectivity index (χ4n) is 2.32. The average Bonchev–Trinajstić information content (AvgIpc) is 2.47. The van der Waals surface area contributed by atoms with Crippen molar-refractivity contribution in [3.05, 3.63) is 64.7 Å². The van der Waals surface area contributed by atoms with Crippen LogP contribution in [0.15, 0.2) is 42.5 Å². The van der Waals surface area contributed by atoms with Gasteiger partial charge in [-0.3, -0.25) is 0 Å². The second kappa shape index (κ2) is 6.55. The highest BCUT2D eigenvalue weighted by Gasteiger charge is 2.18. The Bertz CT molecular complexity index is 578. The van der Waals surface area contributed by atoms with E-state index in [1.165, 1.54) is 0 Å². The lowest BCUT2D eigenvalue weighted by Crippen LogP contribution is -2.06. The van der Waals surface area contributed by atoms with E-state index in [2.05, 4.69) is 0 Å². The summed E-state index contributed by atoms with van der Waals surface area (Å²) in [6.07, 6.45) is -0.726. The number of rotatable bonds is 5. The zero-order valence-electron chi connectivity index (χ0n) is 12.1. The van der Waals surface area contributed by atoms with Crippen LogP contribution in [0.1, 0.15) is 28.4 Å². The van der Waals surface area contributed by atoms with Crippen molar-refractivity contribution >= 4 is 0 Å². The van der Waals surface area contributed by atoms with Crippen molar-refractivity contribution in [1.29, 1.82) is 0 Å². The Morgan fingerprint density at radius 2 is 1.80 bits per heavy atom. The maximum absolute atomic E-state index is 10.7. The van der Waals surface area contributed by atoms with Crippen LogP contribution in [-0.2, 0) is 11.3 Å². The Morgan fingerprint density at radius 3 is 2.50 bits per heavy atom. The molecule has 0 fully saturated rings. The summed E-state index contributed by atoms with van der Waals surface area (Å²) in [5.74, 6) is 0.690. The molecule has 0 saturated carbocycles. The molecule has 3 heteroatoms. The highest BCUT2D eigenvalue weighted by atomic mass is 16.5. The molecular formula is C17H20O3. The highest BCUT2D eigenvalue weighted by Crippen LogP contribution is 2.32. The third kappa shape index (κ3) is 3.00. The smallest absolute Gasteiger partial charge is 0.125 e. The van der Waals surface area contributed by atoms with Gasteiger partial charge in [-0.2, -0.15) is 0 Å². The monoisotopic (exact) mass is 272 g/mol. The number of hydrogen-bond acceptors (Lipinski definition) is 3. The SMILES string of the molecule is COCc1ccccc1C(O)c1cc(C)ccc1OC. The lowest BCUT2D eigenvalue weighted by atomic mass is 9.95. The Balaban J connectivity index is 2.45. The molecular weight excluding hydrogens is 252 g/mol. The van der Waals surface area contributed by atoms with Crippen LogP contribution >= 0.6 is 0 Å². The molecule has 1 atom stereocenters. The van der Waals surface area contributed by atoms with Gasteiger partial charge in [-0.05, 0) is 30.2 Å². The number of hydrogen-bond donors (Lipinski definition) is 1. The van der Waals surface area contributed by atoms with Crippen LogP contribution in [0, 0.1) is 6.92 Å². The quantitative estimate of drug-likeness (QED) is 0.908. The fraction of sp³-hybridized carbons (Fsp3) is 0.294. The summed E-state index contributed by atoms with van der Waals surface area (Å²) in [7, 11) is 3.26. The first kappa shape index (κ1) is 14.6. The van der Waals surface area contributed by atoms with Gasteiger partial charge in [-0.1, -0.05) is 35.9 Å². The molecule has 2 aromatic rings. The summed E-state index contributed by atoms with van der Waals surface area (Å²) in [5, 5.41) is 10.7. The standard InChI is InChI=1S/C17H20O3/c1-12-8-9-16(20-3)15(10-12)17(18)14-7-5-4-6-13(14)11-19-2/h4-10,17-18H,11H2,1-3H3. The van der Waals surface area contributed by atoms with Gasteiger partial charge >= 0.3 is 0 Å². The molecule has 2 aromatic carbocycles. The summed E-state index contributed by atoms with van der Waals surface area (Å²) in [4.78, 5) is 0. The molecule has 0 aliphatic rings. The van der Waals surface area contributed by atoms with Crippen LogP contribution in [-0.4, -0.2) is 19.3 Å². The van der Waals surface area contributed by atoms with Crippen LogP contribution in [0.5, 0.6) is 5.75 Å². The topological polar surface area (TPSA) is 38.7 Å². The number of aliphatic hydroxyl groups is 1. The van der Waals surface area contributed by atoms with Gasteiger partial charge < -0.3 is 14.6 Å². The van der Waals surface area contributed by atoms with Gasteiger partial charge in [-0.15, -0.1) is 0 Å². The summed E-state index contributed by atoms with van der Waals surface area (Å²) < 4.78 is 10.5. The second-order valence-electron chi connectivity index (χ2n) is 4.78. The Hall–Kier alpha value is -1.84. The zero-order chi connectivity index (χ0) is 14.5. The van der Waals surface area contributed by atoms with E-state index in [0.717, 1.165) is 22.3 Å². The number of aliphatic hydroxyl groups excluding tert-OH is 1. The van der Waals surface area contributed by atoms with Crippen LogP contribution in [0.2, 0.25) is 0 Å². The lowest BCUT2D eigenvalue weighted by molar-refractivity contribution is 0.175. The van der Waals surface area contributed by atoms with Gasteiger partial charge in [0.15, 0.2) is 0 Å². The van der Waals surface area contributed by atoms with Crippen molar-refractivity contribution in [2.75, 3.05) is 14.2 Å². The summed E-state index contributed by atoms with van der Waals surface area (Å²) in [6, 6.07) is 13.5. The molecule has 1 N–H and O–H groups in total. The predicted molar refractivity (Wildman–Crippen MR) is 78.9 cm³/mol. The molecule has 0 heterocycles. The van der Waals surface area contributed by atoms with Crippen LogP contribution < -0.4 is 4.74 Å². The van der Waals surface area contributed by atoms with E-state index in [0.29, 0.717) is 12.4 Å². The van der Waals surface area contributed by atoms with Crippen molar-refractivity contribution < 1.29 is 14.6 Å². The average molecular weight is 272 g/mol. The molecule has 0 amide bonds. The Kier molecular flexibility index (Phi) is 4.77. The fourth-order valence-corrected chi connectivity index (χ4v) is 2.32. The van der Waals surface area contributed by atoms with E-state index in [-0.39, 0.29) is 0 Å². The van der Waals surface area contributed by atoms with Crippen LogP contribution in [0.25, 0.3) is 0 Å². The zero-order valence-corrected chi connectivity index (χ0v) is 12.1. The molecule has 1 unspecified atom stereocenters. The van der Waals surface area contributed by atoms with E-state index in [1.54, 1.807) is 14.2 Å². The first-order valence-corrected chi connectivity index (χ1v) is 6.56. The van der Waals surface area contributed by atoms with Gasteiger partial charge in [0.25, 0.3) is 0 Å². The molecule has 0 radical (unpaired) electrons. The third-order valence-corrected chi connectivity index (χ3v) is 3.33. The summed E-state index contributed by atoms with van der Waals surface area (Å²) in [5.41, 5.74) is 3.68. The maximum atomic E-state index is 10.7. The molecule has 0 saturated heterocycles. The summed E-state index contributed by atoms with van der Waals surface area (Å²) >= 11 is 0. The number of aryl methyl sites for hydroxylation is 1. The van der Waals surface area contributed by atoms with Gasteiger partial charge in [0.2, 0.25) is 0 Å².